The normalized spacial score (nSPS) is 15.7. The summed E-state index contributed by atoms with van der Waals surface area (Å²) in [7, 11) is 0. The summed E-state index contributed by atoms with van der Waals surface area (Å²) < 4.78 is 17.3. The van der Waals surface area contributed by atoms with Crippen LogP contribution in [0.25, 0.3) is 0 Å². The zero-order chi connectivity index (χ0) is 29.3. The Balaban J connectivity index is 1.38. The number of hydrogen-bond donors (Lipinski definition) is 1. The Labute approximate surface area is 256 Å². The number of aromatic nitrogens is 3. The van der Waals surface area contributed by atoms with Gasteiger partial charge >= 0.3 is 0 Å². The molecular formula is C29H36Cl2N8O3. The van der Waals surface area contributed by atoms with Crippen molar-refractivity contribution in [2.75, 3.05) is 85.8 Å². The highest BCUT2D eigenvalue weighted by Gasteiger charge is 2.20. The second-order valence-corrected chi connectivity index (χ2v) is 10.6. The first-order valence-corrected chi connectivity index (χ1v) is 15.0. The molecule has 0 radical (unpaired) electrons. The highest BCUT2D eigenvalue weighted by atomic mass is 35.5. The molecule has 2 aliphatic heterocycles. The lowest BCUT2D eigenvalue weighted by atomic mass is 10.1. The van der Waals surface area contributed by atoms with E-state index >= 15 is 0 Å². The molecule has 2 saturated heterocycles. The molecule has 0 unspecified atom stereocenters. The summed E-state index contributed by atoms with van der Waals surface area (Å²) in [5.41, 5.74) is 5.71. The van der Waals surface area contributed by atoms with Crippen molar-refractivity contribution >= 4 is 52.9 Å². The molecule has 2 fully saturated rings. The average molecular weight is 616 g/mol. The minimum absolute atomic E-state index is 0.283. The van der Waals surface area contributed by atoms with Gasteiger partial charge in [0, 0.05) is 72.2 Å². The fourth-order valence-corrected chi connectivity index (χ4v) is 5.17. The van der Waals surface area contributed by atoms with Crippen molar-refractivity contribution in [1.29, 1.82) is 0 Å². The third-order valence-electron chi connectivity index (χ3n) is 7.09. The molecule has 3 aromatic rings. The number of nitrogens with zero attached hydrogens (tertiary/aromatic N) is 7. The van der Waals surface area contributed by atoms with E-state index in [2.05, 4.69) is 55.1 Å². The van der Waals surface area contributed by atoms with E-state index in [0.717, 1.165) is 29.9 Å². The van der Waals surface area contributed by atoms with Crippen LogP contribution >= 0.6 is 23.2 Å². The molecule has 1 N–H and O–H groups in total. The Morgan fingerprint density at radius 3 is 2.14 bits per heavy atom. The topological polar surface area (TPSA) is 100 Å². The van der Waals surface area contributed by atoms with Gasteiger partial charge in [-0.15, -0.1) is 0 Å². The van der Waals surface area contributed by atoms with E-state index in [0.29, 0.717) is 86.2 Å². The first-order valence-electron chi connectivity index (χ1n) is 14.2. The molecule has 0 bridgehead atoms. The van der Waals surface area contributed by atoms with Crippen molar-refractivity contribution in [3.63, 3.8) is 0 Å². The van der Waals surface area contributed by atoms with Gasteiger partial charge in [0.05, 0.1) is 32.6 Å². The molecule has 0 aliphatic carbocycles. The predicted molar refractivity (Wildman–Crippen MR) is 168 cm³/mol. The number of halogens is 2. The van der Waals surface area contributed by atoms with Crippen LogP contribution in [0.4, 0.5) is 23.5 Å². The average Bonchev–Trinajstić information content (AvgIpc) is 3.03. The van der Waals surface area contributed by atoms with Crippen molar-refractivity contribution in [3.8, 4) is 5.75 Å². The van der Waals surface area contributed by atoms with Crippen LogP contribution in [-0.4, -0.2) is 86.9 Å². The van der Waals surface area contributed by atoms with Crippen molar-refractivity contribution < 1.29 is 14.2 Å². The van der Waals surface area contributed by atoms with Gasteiger partial charge in [-0.25, -0.2) is 5.43 Å². The number of benzene rings is 2. The molecule has 0 atom stereocenters. The van der Waals surface area contributed by atoms with E-state index in [1.807, 2.05) is 18.2 Å². The van der Waals surface area contributed by atoms with Crippen LogP contribution in [0.3, 0.4) is 0 Å². The maximum atomic E-state index is 6.40. The van der Waals surface area contributed by atoms with Crippen LogP contribution < -0.4 is 24.9 Å². The monoisotopic (exact) mass is 614 g/mol. The third-order valence-corrected chi connectivity index (χ3v) is 7.68. The van der Waals surface area contributed by atoms with Crippen LogP contribution in [0.15, 0.2) is 41.5 Å². The van der Waals surface area contributed by atoms with Crippen molar-refractivity contribution in [1.82, 2.24) is 15.0 Å². The molecule has 0 saturated carbocycles. The number of ether oxygens (including phenoxy) is 3. The third kappa shape index (κ3) is 7.71. The van der Waals surface area contributed by atoms with Gasteiger partial charge in [-0.3, -0.25) is 0 Å². The fraction of sp³-hybridized carbons (Fsp3) is 0.448. The van der Waals surface area contributed by atoms with Gasteiger partial charge in [-0.05, 0) is 38.1 Å². The van der Waals surface area contributed by atoms with Crippen LogP contribution in [0, 0.1) is 0 Å². The predicted octanol–water partition coefficient (Wildman–Crippen LogP) is 4.72. The number of morpholine rings is 2. The fourth-order valence-electron chi connectivity index (χ4n) is 4.71. The van der Waals surface area contributed by atoms with Crippen molar-refractivity contribution in [2.24, 2.45) is 5.10 Å². The lowest BCUT2D eigenvalue weighted by Gasteiger charge is -2.30. The van der Waals surface area contributed by atoms with Gasteiger partial charge in [0.15, 0.2) is 0 Å². The molecule has 13 heteroatoms. The number of nitrogens with one attached hydrogen (secondary N) is 1. The largest absolute Gasteiger partial charge is 0.488 e. The molecular weight excluding hydrogens is 579 g/mol. The van der Waals surface area contributed by atoms with Crippen LogP contribution in [0.5, 0.6) is 5.75 Å². The van der Waals surface area contributed by atoms with Gasteiger partial charge in [0.25, 0.3) is 0 Å². The van der Waals surface area contributed by atoms with Gasteiger partial charge < -0.3 is 28.9 Å². The summed E-state index contributed by atoms with van der Waals surface area (Å²) >= 11 is 12.5. The van der Waals surface area contributed by atoms with Gasteiger partial charge in [-0.1, -0.05) is 29.3 Å². The first kappa shape index (κ1) is 30.1. The maximum Gasteiger partial charge on any atom is 0.250 e. The highest BCUT2D eigenvalue weighted by molar-refractivity contribution is 6.35. The number of anilines is 4. The zero-order valence-corrected chi connectivity index (χ0v) is 25.4. The molecule has 11 nitrogen and oxygen atoms in total. The Bertz CT molecular complexity index is 1330. The Kier molecular flexibility index (Phi) is 10.5. The highest BCUT2D eigenvalue weighted by Crippen LogP contribution is 2.28. The smallest absolute Gasteiger partial charge is 0.250 e. The zero-order valence-electron chi connectivity index (χ0n) is 23.9. The van der Waals surface area contributed by atoms with Gasteiger partial charge in [0.2, 0.25) is 17.8 Å². The molecule has 3 heterocycles. The van der Waals surface area contributed by atoms with Crippen molar-refractivity contribution in [3.05, 3.63) is 57.6 Å². The summed E-state index contributed by atoms with van der Waals surface area (Å²) in [4.78, 5) is 20.5. The minimum atomic E-state index is 0.283. The quantitative estimate of drug-likeness (QED) is 0.241. The second-order valence-electron chi connectivity index (χ2n) is 9.75. The summed E-state index contributed by atoms with van der Waals surface area (Å²) in [5, 5.41) is 5.63. The number of rotatable bonds is 11. The number of hydrogen-bond acceptors (Lipinski definition) is 11. The minimum Gasteiger partial charge on any atom is -0.488 e. The standard InChI is InChI=1S/C29H36Cl2N8O3/c1-3-37(4-2)24-8-6-21(26(18-24)42-20-22-5-7-23(30)17-25(22)31)19-32-36-27-33-28(38-9-13-40-14-10-38)35-29(34-27)39-11-15-41-16-12-39/h5-8,17-19H,3-4,9-16,20H2,1-2H3,(H,33,34,35,36)/b32-19-. The molecule has 224 valence electrons. The van der Waals surface area contributed by atoms with E-state index in [4.69, 9.17) is 42.4 Å². The molecule has 0 amide bonds. The first-order chi connectivity index (χ1) is 20.5. The summed E-state index contributed by atoms with van der Waals surface area (Å²) in [5.74, 6) is 2.23. The summed E-state index contributed by atoms with van der Waals surface area (Å²) in [6, 6.07) is 11.5. The van der Waals surface area contributed by atoms with Gasteiger partial charge in [-0.2, -0.15) is 20.1 Å². The second kappa shape index (κ2) is 14.7. The van der Waals surface area contributed by atoms with Crippen LogP contribution in [0.1, 0.15) is 25.0 Å². The summed E-state index contributed by atoms with van der Waals surface area (Å²) in [6.45, 7) is 11.7. The number of hydrazone groups is 1. The summed E-state index contributed by atoms with van der Waals surface area (Å²) in [6.07, 6.45) is 1.71. The Morgan fingerprint density at radius 2 is 1.55 bits per heavy atom. The van der Waals surface area contributed by atoms with E-state index in [1.54, 1.807) is 18.3 Å². The van der Waals surface area contributed by atoms with Crippen molar-refractivity contribution in [2.45, 2.75) is 20.5 Å². The Hall–Kier alpha value is -3.38. The van der Waals surface area contributed by atoms with E-state index in [-0.39, 0.29) is 6.61 Å². The molecule has 2 aromatic carbocycles. The lowest BCUT2D eigenvalue weighted by molar-refractivity contribution is 0.121. The van der Waals surface area contributed by atoms with E-state index < -0.39 is 0 Å². The molecule has 0 spiro atoms. The molecule has 42 heavy (non-hydrogen) atoms. The molecule has 1 aromatic heterocycles. The van der Waals surface area contributed by atoms with Crippen LogP contribution in [-0.2, 0) is 16.1 Å². The maximum absolute atomic E-state index is 6.40. The Morgan fingerprint density at radius 1 is 0.905 bits per heavy atom. The lowest BCUT2D eigenvalue weighted by Crippen LogP contribution is -2.40. The van der Waals surface area contributed by atoms with Gasteiger partial charge in [0.1, 0.15) is 12.4 Å². The van der Waals surface area contributed by atoms with Crippen LogP contribution in [0.2, 0.25) is 10.0 Å². The van der Waals surface area contributed by atoms with E-state index in [9.17, 15) is 0 Å². The molecule has 2 aliphatic rings. The SMILES string of the molecule is CCN(CC)c1ccc(/C=N\Nc2nc(N3CCOCC3)nc(N3CCOCC3)n2)c(OCc2ccc(Cl)cc2Cl)c1. The molecule has 5 rings (SSSR count). The van der Waals surface area contributed by atoms with E-state index in [1.165, 1.54) is 0 Å².